The van der Waals surface area contributed by atoms with Crippen LogP contribution in [0.2, 0.25) is 0 Å². The van der Waals surface area contributed by atoms with Crippen LogP contribution in [0.4, 0.5) is 0 Å². The highest BCUT2D eigenvalue weighted by Gasteiger charge is 1.90. The number of unbranched alkanes of at least 4 members (excludes halogenated alkanes) is 9. The fraction of sp³-hybridized carbons (Fsp3) is 0.846. The molecule has 1 unspecified atom stereocenters. The van der Waals surface area contributed by atoms with Gasteiger partial charge in [-0.05, 0) is 11.7 Å². The molecule has 0 radical (unpaired) electrons. The van der Waals surface area contributed by atoms with E-state index in [-0.39, 0.29) is 0 Å². The molecule has 0 saturated carbocycles. The third-order valence-electron chi connectivity index (χ3n) is 2.56. The number of rotatable bonds is 9. The molecular formula is C13H23O2S-. The molecule has 0 rings (SSSR count). The Morgan fingerprint density at radius 3 is 1.94 bits per heavy atom. The lowest BCUT2D eigenvalue weighted by atomic mass is 10.1. The van der Waals surface area contributed by atoms with Gasteiger partial charge in [-0.2, -0.15) is 0 Å². The van der Waals surface area contributed by atoms with Crippen molar-refractivity contribution in [2.75, 3.05) is 0 Å². The highest BCUT2D eigenvalue weighted by atomic mass is 32.2. The van der Waals surface area contributed by atoms with Crippen molar-refractivity contribution in [3.8, 4) is 11.2 Å². The maximum absolute atomic E-state index is 10.1. The molecule has 1 atom stereocenters. The van der Waals surface area contributed by atoms with Gasteiger partial charge in [0.25, 0.3) is 0 Å². The summed E-state index contributed by atoms with van der Waals surface area (Å²) in [5.74, 6) is 2.64. The predicted octanol–water partition coefficient (Wildman–Crippen LogP) is 3.75. The Hall–Kier alpha value is -0.330. The summed E-state index contributed by atoms with van der Waals surface area (Å²) in [6, 6.07) is 0. The largest absolute Gasteiger partial charge is 0.762 e. The SMILES string of the molecule is CCCCCCCCCCCC#CS(=O)[O-]. The van der Waals surface area contributed by atoms with Crippen LogP contribution in [-0.2, 0) is 11.1 Å². The van der Waals surface area contributed by atoms with Crippen molar-refractivity contribution in [1.29, 1.82) is 0 Å². The monoisotopic (exact) mass is 243 g/mol. The Morgan fingerprint density at radius 2 is 1.44 bits per heavy atom. The Labute approximate surface area is 102 Å². The zero-order valence-electron chi connectivity index (χ0n) is 10.3. The van der Waals surface area contributed by atoms with E-state index in [4.69, 9.17) is 0 Å². The minimum absolute atomic E-state index is 0.712. The van der Waals surface area contributed by atoms with Crippen molar-refractivity contribution in [1.82, 2.24) is 0 Å². The molecule has 0 bridgehead atoms. The van der Waals surface area contributed by atoms with E-state index in [9.17, 15) is 8.76 Å². The van der Waals surface area contributed by atoms with Gasteiger partial charge in [-0.3, -0.25) is 4.21 Å². The molecule has 0 spiro atoms. The van der Waals surface area contributed by atoms with Gasteiger partial charge < -0.3 is 4.55 Å². The average Bonchev–Trinajstić information content (AvgIpc) is 2.25. The van der Waals surface area contributed by atoms with Gasteiger partial charge in [0.1, 0.15) is 0 Å². The van der Waals surface area contributed by atoms with E-state index in [0.29, 0.717) is 6.42 Å². The van der Waals surface area contributed by atoms with Crippen molar-refractivity contribution in [3.63, 3.8) is 0 Å². The number of hydrogen-bond acceptors (Lipinski definition) is 2. The molecule has 0 aromatic carbocycles. The summed E-state index contributed by atoms with van der Waals surface area (Å²) < 4.78 is 20.2. The molecule has 0 heterocycles. The van der Waals surface area contributed by atoms with Crippen LogP contribution in [0, 0.1) is 11.2 Å². The van der Waals surface area contributed by atoms with E-state index >= 15 is 0 Å². The summed E-state index contributed by atoms with van der Waals surface area (Å²) in [5.41, 5.74) is 0. The first-order chi connectivity index (χ1) is 7.77. The molecule has 0 aliphatic rings. The Morgan fingerprint density at radius 1 is 0.938 bits per heavy atom. The van der Waals surface area contributed by atoms with Crippen LogP contribution in [0.25, 0.3) is 0 Å². The van der Waals surface area contributed by atoms with Crippen LogP contribution in [0.3, 0.4) is 0 Å². The second-order valence-electron chi connectivity index (χ2n) is 4.09. The molecule has 0 fully saturated rings. The topological polar surface area (TPSA) is 40.1 Å². The molecule has 0 saturated heterocycles. The number of hydrogen-bond donors (Lipinski definition) is 0. The molecule has 0 aromatic heterocycles. The van der Waals surface area contributed by atoms with Crippen LogP contribution in [0.15, 0.2) is 0 Å². The highest BCUT2D eigenvalue weighted by Crippen LogP contribution is 2.10. The van der Waals surface area contributed by atoms with Gasteiger partial charge in [0.15, 0.2) is 0 Å². The fourth-order valence-electron chi connectivity index (χ4n) is 1.63. The molecule has 94 valence electrons. The smallest absolute Gasteiger partial charge is 0.0247 e. The van der Waals surface area contributed by atoms with E-state index in [1.807, 2.05) is 0 Å². The maximum Gasteiger partial charge on any atom is 0.0247 e. The van der Waals surface area contributed by atoms with Gasteiger partial charge in [-0.15, -0.1) is 0 Å². The Balaban J connectivity index is 3.05. The highest BCUT2D eigenvalue weighted by molar-refractivity contribution is 7.84. The third-order valence-corrected chi connectivity index (χ3v) is 2.87. The van der Waals surface area contributed by atoms with Crippen LogP contribution in [-0.4, -0.2) is 8.76 Å². The zero-order chi connectivity index (χ0) is 12.1. The van der Waals surface area contributed by atoms with Crippen molar-refractivity contribution >= 4 is 11.1 Å². The normalized spacial score (nSPS) is 11.9. The van der Waals surface area contributed by atoms with Crippen molar-refractivity contribution < 1.29 is 8.76 Å². The molecule has 0 aliphatic heterocycles. The van der Waals surface area contributed by atoms with Crippen LogP contribution in [0.5, 0.6) is 0 Å². The summed E-state index contributed by atoms with van der Waals surface area (Å²) in [6.07, 6.45) is 12.2. The Bertz CT molecular complexity index is 228. The van der Waals surface area contributed by atoms with Gasteiger partial charge >= 0.3 is 0 Å². The van der Waals surface area contributed by atoms with Crippen LogP contribution < -0.4 is 0 Å². The molecule has 3 heteroatoms. The van der Waals surface area contributed by atoms with Gasteiger partial charge in [0.05, 0.1) is 0 Å². The summed E-state index contributed by atoms with van der Waals surface area (Å²) in [6.45, 7) is 2.23. The second kappa shape index (κ2) is 12.7. The lowest BCUT2D eigenvalue weighted by molar-refractivity contribution is 0.548. The van der Waals surface area contributed by atoms with Crippen molar-refractivity contribution in [3.05, 3.63) is 0 Å². The maximum atomic E-state index is 10.1. The van der Waals surface area contributed by atoms with Crippen molar-refractivity contribution in [2.24, 2.45) is 0 Å². The first-order valence-electron chi connectivity index (χ1n) is 6.35. The third kappa shape index (κ3) is 13.7. The zero-order valence-corrected chi connectivity index (χ0v) is 11.1. The predicted molar refractivity (Wildman–Crippen MR) is 68.5 cm³/mol. The van der Waals surface area contributed by atoms with E-state index in [2.05, 4.69) is 18.1 Å². The first kappa shape index (κ1) is 15.7. The quantitative estimate of drug-likeness (QED) is 0.351. The lowest BCUT2D eigenvalue weighted by Gasteiger charge is -2.00. The van der Waals surface area contributed by atoms with E-state index in [1.54, 1.807) is 0 Å². The molecule has 0 N–H and O–H groups in total. The Kier molecular flexibility index (Phi) is 12.5. The van der Waals surface area contributed by atoms with Gasteiger partial charge in [0, 0.05) is 17.5 Å². The molecule has 16 heavy (non-hydrogen) atoms. The van der Waals surface area contributed by atoms with Gasteiger partial charge in [-0.1, -0.05) is 64.2 Å². The molecule has 0 aliphatic carbocycles. The summed E-state index contributed by atoms with van der Waals surface area (Å²) in [5, 5.41) is 2.14. The average molecular weight is 243 g/mol. The molecular weight excluding hydrogens is 220 g/mol. The lowest BCUT2D eigenvalue weighted by Crippen LogP contribution is -1.81. The van der Waals surface area contributed by atoms with E-state index < -0.39 is 11.1 Å². The molecule has 0 aromatic rings. The minimum atomic E-state index is -2.19. The summed E-state index contributed by atoms with van der Waals surface area (Å²) in [7, 11) is 0. The summed E-state index contributed by atoms with van der Waals surface area (Å²) >= 11 is -2.19. The van der Waals surface area contributed by atoms with Crippen molar-refractivity contribution in [2.45, 2.75) is 71.1 Å². The summed E-state index contributed by atoms with van der Waals surface area (Å²) in [4.78, 5) is 0. The van der Waals surface area contributed by atoms with Crippen LogP contribution in [0.1, 0.15) is 71.1 Å². The standard InChI is InChI=1S/C13H24O2S/c1-2-3-4-5-6-7-8-9-10-11-12-13-16(14)15/h2-11H2,1H3,(H,14,15)/p-1. The fourth-order valence-corrected chi connectivity index (χ4v) is 1.85. The van der Waals surface area contributed by atoms with E-state index in [0.717, 1.165) is 6.42 Å². The minimum Gasteiger partial charge on any atom is -0.762 e. The van der Waals surface area contributed by atoms with Gasteiger partial charge in [0.2, 0.25) is 0 Å². The van der Waals surface area contributed by atoms with E-state index in [1.165, 1.54) is 51.4 Å². The van der Waals surface area contributed by atoms with Gasteiger partial charge in [-0.25, -0.2) is 0 Å². The van der Waals surface area contributed by atoms with Crippen LogP contribution >= 0.6 is 0 Å². The molecule has 2 nitrogen and oxygen atoms in total. The molecule has 0 amide bonds. The first-order valence-corrected chi connectivity index (χ1v) is 7.42. The second-order valence-corrected chi connectivity index (χ2v) is 4.77.